The van der Waals surface area contributed by atoms with Gasteiger partial charge >= 0.3 is 5.97 Å². The van der Waals surface area contributed by atoms with Crippen molar-refractivity contribution in [2.24, 2.45) is 5.92 Å². The molecule has 2 heterocycles. The first kappa shape index (κ1) is 18.1. The van der Waals surface area contributed by atoms with Gasteiger partial charge in [0, 0.05) is 24.1 Å². The molecule has 3 rings (SSSR count). The summed E-state index contributed by atoms with van der Waals surface area (Å²) in [6.07, 6.45) is 0.850. The fraction of sp³-hybridized carbons (Fsp3) is 0.474. The number of ether oxygens (including phenoxy) is 3. The number of amides is 1. The zero-order chi connectivity index (χ0) is 19.0. The normalized spacial score (nSPS) is 17.0. The van der Waals surface area contributed by atoms with Crippen LogP contribution in [0, 0.1) is 5.92 Å². The van der Waals surface area contributed by atoms with Gasteiger partial charge in [-0.05, 0) is 24.5 Å². The van der Waals surface area contributed by atoms with Gasteiger partial charge in [0.25, 0.3) is 5.91 Å². The van der Waals surface area contributed by atoms with E-state index in [1.54, 1.807) is 19.2 Å². The molecule has 0 saturated heterocycles. The third-order valence-corrected chi connectivity index (χ3v) is 4.71. The molecule has 2 aliphatic rings. The summed E-state index contributed by atoms with van der Waals surface area (Å²) in [6, 6.07) is 2.64. The van der Waals surface area contributed by atoms with Gasteiger partial charge in [0.15, 0.2) is 17.3 Å². The van der Waals surface area contributed by atoms with Crippen LogP contribution < -0.4 is 14.2 Å². The Labute approximate surface area is 152 Å². The summed E-state index contributed by atoms with van der Waals surface area (Å²) in [4.78, 5) is 25.9. The molecule has 0 radical (unpaired) electrons. The Bertz CT molecular complexity index is 782. The van der Waals surface area contributed by atoms with Crippen LogP contribution in [0.5, 0.6) is 17.2 Å². The maximum absolute atomic E-state index is 12.8. The molecule has 0 bridgehead atoms. The van der Waals surface area contributed by atoms with Crippen molar-refractivity contribution in [3.8, 4) is 17.2 Å². The number of carboxylic acid groups (broad SMARTS) is 1. The van der Waals surface area contributed by atoms with Gasteiger partial charge in [-0.25, -0.2) is 4.79 Å². The van der Waals surface area contributed by atoms with E-state index in [1.165, 1.54) is 12.0 Å². The van der Waals surface area contributed by atoms with E-state index in [0.29, 0.717) is 30.1 Å². The lowest BCUT2D eigenvalue weighted by Gasteiger charge is -2.25. The van der Waals surface area contributed by atoms with Gasteiger partial charge in [-0.3, -0.25) is 4.79 Å². The van der Waals surface area contributed by atoms with Gasteiger partial charge in [-0.1, -0.05) is 13.8 Å². The molecule has 1 unspecified atom stereocenters. The van der Waals surface area contributed by atoms with Crippen molar-refractivity contribution in [3.05, 3.63) is 29.0 Å². The van der Waals surface area contributed by atoms with Crippen LogP contribution in [0.25, 0.3) is 0 Å². The highest BCUT2D eigenvalue weighted by molar-refractivity contribution is 5.98. The van der Waals surface area contributed by atoms with E-state index in [9.17, 15) is 14.7 Å². The van der Waals surface area contributed by atoms with Crippen molar-refractivity contribution < 1.29 is 28.9 Å². The predicted molar refractivity (Wildman–Crippen MR) is 93.5 cm³/mol. The van der Waals surface area contributed by atoms with Crippen LogP contribution in [0.1, 0.15) is 25.8 Å². The van der Waals surface area contributed by atoms with Gasteiger partial charge < -0.3 is 24.2 Å². The lowest BCUT2D eigenvalue weighted by molar-refractivity contribution is -0.149. The summed E-state index contributed by atoms with van der Waals surface area (Å²) in [6.45, 7) is 4.12. The van der Waals surface area contributed by atoms with Gasteiger partial charge in [-0.2, -0.15) is 0 Å². The van der Waals surface area contributed by atoms with Crippen molar-refractivity contribution in [3.63, 3.8) is 0 Å². The second-order valence-electron chi connectivity index (χ2n) is 6.91. The van der Waals surface area contributed by atoms with Crippen LogP contribution in [0.15, 0.2) is 23.5 Å². The van der Waals surface area contributed by atoms with E-state index in [1.807, 2.05) is 13.8 Å². The fourth-order valence-electron chi connectivity index (χ4n) is 3.48. The Morgan fingerprint density at radius 1 is 1.27 bits per heavy atom. The molecule has 7 heteroatoms. The summed E-state index contributed by atoms with van der Waals surface area (Å²) in [7, 11) is 3.10. The first-order valence-corrected chi connectivity index (χ1v) is 8.54. The number of methoxy groups -OCH3 is 2. The highest BCUT2D eigenvalue weighted by Crippen LogP contribution is 2.45. The third kappa shape index (κ3) is 2.98. The van der Waals surface area contributed by atoms with Crippen molar-refractivity contribution in [1.82, 2.24) is 4.90 Å². The number of fused-ring (bicyclic) bond motifs is 1. The Morgan fingerprint density at radius 2 is 1.92 bits per heavy atom. The number of nitrogens with zero attached hydrogens (tertiary/aromatic N) is 1. The number of benzene rings is 1. The second kappa shape index (κ2) is 6.90. The molecule has 1 amide bonds. The largest absolute Gasteiger partial charge is 0.496 e. The number of hydrogen-bond donors (Lipinski definition) is 1. The zero-order valence-corrected chi connectivity index (χ0v) is 15.4. The molecule has 0 aliphatic carbocycles. The molecule has 0 saturated carbocycles. The van der Waals surface area contributed by atoms with E-state index in [4.69, 9.17) is 14.2 Å². The van der Waals surface area contributed by atoms with Gasteiger partial charge in [-0.15, -0.1) is 0 Å². The fourth-order valence-corrected chi connectivity index (χ4v) is 3.48. The van der Waals surface area contributed by atoms with Crippen LogP contribution in [-0.4, -0.2) is 48.7 Å². The van der Waals surface area contributed by atoms with Crippen LogP contribution in [0.2, 0.25) is 0 Å². The number of hydrogen-bond acceptors (Lipinski definition) is 5. The van der Waals surface area contributed by atoms with Crippen LogP contribution in [0.4, 0.5) is 0 Å². The van der Waals surface area contributed by atoms with Crippen LogP contribution in [-0.2, 0) is 16.0 Å². The number of carboxylic acids is 1. The standard InChI is InChI=1S/C19H23NO6/c1-10(2)7-13(19(22)23)20-9-11-8-12-14(24-3)5-6-15(25-4)17(12)26-16(11)18(20)21/h5-6,10,13H,7-9H2,1-4H3,(H,22,23). The maximum atomic E-state index is 12.8. The first-order valence-electron chi connectivity index (χ1n) is 8.54. The molecule has 1 aromatic carbocycles. The highest BCUT2D eigenvalue weighted by atomic mass is 16.5. The van der Waals surface area contributed by atoms with Crippen molar-refractivity contribution in [1.29, 1.82) is 0 Å². The van der Waals surface area contributed by atoms with Crippen molar-refractivity contribution >= 4 is 11.9 Å². The minimum atomic E-state index is -1.00. The number of carbonyl (C=O) groups is 2. The Morgan fingerprint density at radius 3 is 2.50 bits per heavy atom. The van der Waals surface area contributed by atoms with E-state index >= 15 is 0 Å². The molecule has 1 aromatic rings. The quantitative estimate of drug-likeness (QED) is 0.836. The predicted octanol–water partition coefficient (Wildman–Crippen LogP) is 2.23. The molecule has 0 aromatic heterocycles. The molecule has 1 atom stereocenters. The van der Waals surface area contributed by atoms with Crippen LogP contribution in [0.3, 0.4) is 0 Å². The van der Waals surface area contributed by atoms with Crippen molar-refractivity contribution in [2.75, 3.05) is 20.8 Å². The lowest BCUT2D eigenvalue weighted by Crippen LogP contribution is -2.44. The SMILES string of the molecule is COc1ccc(OC)c2c1CC1=C(O2)C(=O)N(C(CC(C)C)C(=O)O)C1. The Balaban J connectivity index is 1.93. The van der Waals surface area contributed by atoms with Crippen molar-refractivity contribution in [2.45, 2.75) is 32.7 Å². The molecule has 7 nitrogen and oxygen atoms in total. The Hall–Kier alpha value is -2.70. The summed E-state index contributed by atoms with van der Waals surface area (Å²) in [5, 5.41) is 9.58. The minimum absolute atomic E-state index is 0.153. The maximum Gasteiger partial charge on any atom is 0.326 e. The molecular weight excluding hydrogens is 338 g/mol. The van der Waals surface area contributed by atoms with E-state index < -0.39 is 12.0 Å². The van der Waals surface area contributed by atoms with E-state index in [2.05, 4.69) is 0 Å². The minimum Gasteiger partial charge on any atom is -0.496 e. The third-order valence-electron chi connectivity index (χ3n) is 4.71. The van der Waals surface area contributed by atoms with E-state index in [0.717, 1.165) is 11.1 Å². The van der Waals surface area contributed by atoms with E-state index in [-0.39, 0.29) is 24.1 Å². The number of carbonyl (C=O) groups excluding carboxylic acids is 1. The number of rotatable bonds is 6. The van der Waals surface area contributed by atoms with Gasteiger partial charge in [0.1, 0.15) is 11.8 Å². The smallest absolute Gasteiger partial charge is 0.326 e. The second-order valence-corrected chi connectivity index (χ2v) is 6.91. The average molecular weight is 361 g/mol. The summed E-state index contributed by atoms with van der Waals surface area (Å²) >= 11 is 0. The Kier molecular flexibility index (Phi) is 4.80. The monoisotopic (exact) mass is 361 g/mol. The first-order chi connectivity index (χ1) is 12.4. The number of aliphatic carboxylic acids is 1. The lowest BCUT2D eigenvalue weighted by atomic mass is 9.99. The van der Waals surface area contributed by atoms with Crippen LogP contribution >= 0.6 is 0 Å². The zero-order valence-electron chi connectivity index (χ0n) is 15.4. The molecule has 0 fully saturated rings. The summed E-state index contributed by atoms with van der Waals surface area (Å²) in [5.41, 5.74) is 1.57. The van der Waals surface area contributed by atoms with Gasteiger partial charge in [0.05, 0.1) is 14.2 Å². The summed E-state index contributed by atoms with van der Waals surface area (Å²) in [5.74, 6) is 0.587. The van der Waals surface area contributed by atoms with Gasteiger partial charge in [0.2, 0.25) is 0 Å². The molecule has 0 spiro atoms. The molecule has 1 N–H and O–H groups in total. The topological polar surface area (TPSA) is 85.3 Å². The molecule has 2 aliphatic heterocycles. The molecule has 26 heavy (non-hydrogen) atoms. The summed E-state index contributed by atoms with van der Waals surface area (Å²) < 4.78 is 16.6. The molecular formula is C19H23NO6. The highest BCUT2D eigenvalue weighted by Gasteiger charge is 2.42. The molecule has 140 valence electrons. The average Bonchev–Trinajstić information content (AvgIpc) is 2.92.